The van der Waals surface area contributed by atoms with Gasteiger partial charge in [-0.3, -0.25) is 0 Å². The molecule has 19 heavy (non-hydrogen) atoms. The van der Waals surface area contributed by atoms with Gasteiger partial charge in [0.2, 0.25) is 0 Å². The minimum atomic E-state index is -1.28. The van der Waals surface area contributed by atoms with Gasteiger partial charge in [0.15, 0.2) is 4.90 Å². The van der Waals surface area contributed by atoms with E-state index >= 15 is 0 Å². The molecule has 1 atom stereocenters. The molecule has 1 aromatic heterocycles. The number of aromatic carboxylic acids is 1. The second-order valence-electron chi connectivity index (χ2n) is 3.80. The lowest BCUT2D eigenvalue weighted by Gasteiger charge is -2.10. The summed E-state index contributed by atoms with van der Waals surface area (Å²) in [4.78, 5) is 14.9. The molecule has 98 valence electrons. The van der Waals surface area contributed by atoms with E-state index in [1.54, 1.807) is 18.2 Å². The summed E-state index contributed by atoms with van der Waals surface area (Å²) in [5.74, 6) is -0.790. The summed E-state index contributed by atoms with van der Waals surface area (Å²) in [5.41, 5.74) is 0.789. The van der Waals surface area contributed by atoms with Gasteiger partial charge in [0.1, 0.15) is 11.4 Å². The maximum Gasteiger partial charge on any atom is 0.354 e. The first-order valence-electron chi connectivity index (χ1n) is 5.38. The van der Waals surface area contributed by atoms with Crippen molar-refractivity contribution in [3.63, 3.8) is 0 Å². The molecule has 1 aromatic carbocycles. The van der Waals surface area contributed by atoms with Crippen molar-refractivity contribution in [2.45, 2.75) is 10.6 Å². The largest absolute Gasteiger partial charge is 0.611 e. The second-order valence-corrected chi connectivity index (χ2v) is 5.69. The van der Waals surface area contributed by atoms with Gasteiger partial charge in [-0.15, -0.1) is 0 Å². The molecule has 0 aliphatic carbocycles. The highest BCUT2D eigenvalue weighted by Gasteiger charge is 2.14. The summed E-state index contributed by atoms with van der Waals surface area (Å²) >= 11 is 4.58. The first kappa shape index (κ1) is 13.9. The van der Waals surface area contributed by atoms with E-state index in [4.69, 9.17) is 16.7 Å². The van der Waals surface area contributed by atoms with Gasteiger partial charge in [0.05, 0.1) is 6.20 Å². The molecule has 0 fully saturated rings. The Morgan fingerprint density at radius 2 is 2.16 bits per heavy atom. The molecule has 0 aliphatic heterocycles. The molecule has 0 radical (unpaired) electrons. The molecule has 0 spiro atoms. The molecule has 0 amide bonds. The van der Waals surface area contributed by atoms with E-state index < -0.39 is 17.1 Å². The quantitative estimate of drug-likeness (QED) is 0.880. The number of aromatic nitrogens is 1. The number of hydrogen-bond donors (Lipinski definition) is 1. The highest BCUT2D eigenvalue weighted by Crippen LogP contribution is 2.18. The molecule has 6 heteroatoms. The van der Waals surface area contributed by atoms with Gasteiger partial charge in [-0.2, -0.15) is 0 Å². The van der Waals surface area contributed by atoms with Crippen LogP contribution < -0.4 is 0 Å². The minimum absolute atomic E-state index is 0.0662. The predicted octanol–water partition coefficient (Wildman–Crippen LogP) is 2.74. The molecule has 0 saturated carbocycles. The number of pyridine rings is 1. The van der Waals surface area contributed by atoms with E-state index in [-0.39, 0.29) is 5.69 Å². The number of carbonyl (C=O) groups is 1. The first-order valence-corrected chi connectivity index (χ1v) is 7.08. The zero-order valence-electron chi connectivity index (χ0n) is 9.75. The first-order chi connectivity index (χ1) is 9.06. The molecule has 1 heterocycles. The van der Waals surface area contributed by atoms with Crippen LogP contribution in [0.3, 0.4) is 0 Å². The van der Waals surface area contributed by atoms with E-state index in [1.165, 1.54) is 18.3 Å². The van der Waals surface area contributed by atoms with Crippen LogP contribution in [0, 0.1) is 0 Å². The number of halogens is 1. The number of carboxylic acids is 1. The van der Waals surface area contributed by atoms with Gasteiger partial charge >= 0.3 is 5.97 Å². The van der Waals surface area contributed by atoms with Crippen LogP contribution in [0.5, 0.6) is 0 Å². The van der Waals surface area contributed by atoms with Crippen molar-refractivity contribution in [1.82, 2.24) is 4.98 Å². The summed E-state index contributed by atoms with van der Waals surface area (Å²) in [7, 11) is 0. The monoisotopic (exact) mass is 295 g/mol. The van der Waals surface area contributed by atoms with Crippen LogP contribution in [0.4, 0.5) is 0 Å². The maximum atomic E-state index is 12.1. The van der Waals surface area contributed by atoms with Gasteiger partial charge in [-0.25, -0.2) is 9.78 Å². The third kappa shape index (κ3) is 3.70. The van der Waals surface area contributed by atoms with Gasteiger partial charge in [-0.05, 0) is 35.4 Å². The minimum Gasteiger partial charge on any atom is -0.611 e. The molecular weight excluding hydrogens is 286 g/mol. The van der Waals surface area contributed by atoms with E-state index in [2.05, 4.69) is 4.98 Å². The van der Waals surface area contributed by atoms with E-state index in [9.17, 15) is 9.35 Å². The fourth-order valence-electron chi connectivity index (χ4n) is 1.50. The lowest BCUT2D eigenvalue weighted by molar-refractivity contribution is 0.0690. The Labute approximate surface area is 118 Å². The third-order valence-electron chi connectivity index (χ3n) is 2.41. The fraction of sp³-hybridized carbons (Fsp3) is 0.0769. The number of hydrogen-bond acceptors (Lipinski definition) is 3. The average molecular weight is 296 g/mol. The fourth-order valence-corrected chi connectivity index (χ4v) is 2.75. The van der Waals surface area contributed by atoms with Crippen LogP contribution in [0.2, 0.25) is 5.02 Å². The van der Waals surface area contributed by atoms with E-state index in [0.29, 0.717) is 15.7 Å². The normalized spacial score (nSPS) is 12.1. The summed E-state index contributed by atoms with van der Waals surface area (Å²) < 4.78 is 12.1. The third-order valence-corrected chi connectivity index (χ3v) is 4.00. The Balaban J connectivity index is 2.11. The number of carboxylic acid groups (broad SMARTS) is 1. The Morgan fingerprint density at radius 1 is 1.37 bits per heavy atom. The highest BCUT2D eigenvalue weighted by molar-refractivity contribution is 7.90. The lowest BCUT2D eigenvalue weighted by Crippen LogP contribution is -2.07. The topological polar surface area (TPSA) is 73.2 Å². The van der Waals surface area contributed by atoms with Gasteiger partial charge in [0.25, 0.3) is 0 Å². The maximum absolute atomic E-state index is 12.1. The molecule has 2 rings (SSSR count). The second kappa shape index (κ2) is 6.06. The summed E-state index contributed by atoms with van der Waals surface area (Å²) in [5, 5.41) is 9.32. The number of rotatable bonds is 4. The molecule has 1 N–H and O–H groups in total. The van der Waals surface area contributed by atoms with Gasteiger partial charge < -0.3 is 9.66 Å². The molecule has 1 unspecified atom stereocenters. The van der Waals surface area contributed by atoms with Crippen LogP contribution in [0.15, 0.2) is 47.5 Å². The van der Waals surface area contributed by atoms with Crippen LogP contribution in [-0.4, -0.2) is 20.6 Å². The molecular formula is C13H10ClNO3S. The summed E-state index contributed by atoms with van der Waals surface area (Å²) in [6.45, 7) is 0. The Bertz CT molecular complexity index is 589. The molecule has 0 bridgehead atoms. The zero-order valence-corrected chi connectivity index (χ0v) is 11.3. The van der Waals surface area contributed by atoms with Crippen LogP contribution in [-0.2, 0) is 16.9 Å². The smallest absolute Gasteiger partial charge is 0.354 e. The van der Waals surface area contributed by atoms with Crippen molar-refractivity contribution in [2.75, 3.05) is 0 Å². The Kier molecular flexibility index (Phi) is 4.42. The van der Waals surface area contributed by atoms with Crippen LogP contribution >= 0.6 is 11.6 Å². The molecule has 0 aliphatic rings. The Morgan fingerprint density at radius 3 is 2.74 bits per heavy atom. The molecule has 0 saturated heterocycles. The standard InChI is InChI=1S/C13H10ClNO3S/c14-10-3-1-2-9(6-10)8-19(18)11-4-5-12(13(16)17)15-7-11/h1-7H,8H2,(H,16,17). The van der Waals surface area contributed by atoms with Crippen LogP contribution in [0.1, 0.15) is 16.1 Å². The van der Waals surface area contributed by atoms with Crippen molar-refractivity contribution in [1.29, 1.82) is 0 Å². The van der Waals surface area contributed by atoms with Crippen molar-refractivity contribution in [3.8, 4) is 0 Å². The Hall–Kier alpha value is -1.56. The summed E-state index contributed by atoms with van der Waals surface area (Å²) in [6.07, 6.45) is 1.32. The van der Waals surface area contributed by atoms with E-state index in [1.807, 2.05) is 6.07 Å². The van der Waals surface area contributed by atoms with E-state index in [0.717, 1.165) is 5.56 Å². The molecule has 4 nitrogen and oxygen atoms in total. The number of nitrogens with zero attached hydrogens (tertiary/aromatic N) is 1. The predicted molar refractivity (Wildman–Crippen MR) is 72.8 cm³/mol. The molecule has 2 aromatic rings. The van der Waals surface area contributed by atoms with Crippen LogP contribution in [0.25, 0.3) is 0 Å². The zero-order chi connectivity index (χ0) is 13.8. The average Bonchev–Trinajstić information content (AvgIpc) is 2.39. The highest BCUT2D eigenvalue weighted by atomic mass is 35.5. The van der Waals surface area contributed by atoms with Gasteiger partial charge in [0, 0.05) is 10.6 Å². The lowest BCUT2D eigenvalue weighted by atomic mass is 10.2. The van der Waals surface area contributed by atoms with Crippen molar-refractivity contribution in [2.24, 2.45) is 0 Å². The summed E-state index contributed by atoms with van der Waals surface area (Å²) in [6, 6.07) is 9.98. The van der Waals surface area contributed by atoms with Crippen molar-refractivity contribution >= 4 is 28.7 Å². The van der Waals surface area contributed by atoms with Crippen molar-refractivity contribution in [3.05, 3.63) is 58.9 Å². The number of benzene rings is 1. The van der Waals surface area contributed by atoms with Gasteiger partial charge in [-0.1, -0.05) is 23.7 Å². The van der Waals surface area contributed by atoms with Crippen molar-refractivity contribution < 1.29 is 14.5 Å². The SMILES string of the molecule is O=C(O)c1ccc([S+]([O-])Cc2cccc(Cl)c2)cn1.